The van der Waals surface area contributed by atoms with Gasteiger partial charge in [0.15, 0.2) is 0 Å². The largest absolute Gasteiger partial charge is 0.469 e. The third-order valence-corrected chi connectivity index (χ3v) is 2.73. The molecule has 0 aliphatic rings. The Hall–Kier alpha value is -2.43. The third kappa shape index (κ3) is 3.51. The van der Waals surface area contributed by atoms with Gasteiger partial charge in [-0.3, -0.25) is 9.36 Å². The third-order valence-electron chi connectivity index (χ3n) is 2.73. The molecule has 19 heavy (non-hydrogen) atoms. The van der Waals surface area contributed by atoms with Crippen molar-refractivity contribution < 1.29 is 9.53 Å². The lowest BCUT2D eigenvalue weighted by Gasteiger charge is -2.05. The van der Waals surface area contributed by atoms with Crippen molar-refractivity contribution in [2.75, 3.05) is 7.11 Å². The summed E-state index contributed by atoms with van der Waals surface area (Å²) in [5.74, 6) is -0.267. The summed E-state index contributed by atoms with van der Waals surface area (Å²) in [6.07, 6.45) is 3.42. The van der Waals surface area contributed by atoms with E-state index < -0.39 is 0 Å². The monoisotopic (exact) mass is 258 g/mol. The van der Waals surface area contributed by atoms with E-state index in [1.807, 2.05) is 24.3 Å². The average molecular weight is 258 g/mol. The van der Waals surface area contributed by atoms with E-state index in [2.05, 4.69) is 9.72 Å². The molecule has 0 aliphatic carbocycles. The maximum Gasteiger partial charge on any atom is 0.347 e. The summed E-state index contributed by atoms with van der Waals surface area (Å²) in [4.78, 5) is 26.3. The lowest BCUT2D eigenvalue weighted by molar-refractivity contribution is -0.139. The second-order valence-corrected chi connectivity index (χ2v) is 4.10. The molecule has 0 radical (unpaired) electrons. The Morgan fingerprint density at radius 2 is 1.95 bits per heavy atom. The van der Waals surface area contributed by atoms with Crippen molar-refractivity contribution >= 4 is 5.97 Å². The number of carbonyl (C=O) groups excluding carboxylic acids is 1. The molecular weight excluding hydrogens is 244 g/mol. The van der Waals surface area contributed by atoms with E-state index in [0.29, 0.717) is 6.54 Å². The molecule has 1 aromatic carbocycles. The van der Waals surface area contributed by atoms with Crippen molar-refractivity contribution in [1.29, 1.82) is 0 Å². The minimum absolute atomic E-state index is 0.254. The van der Waals surface area contributed by atoms with Crippen molar-refractivity contribution in [3.8, 4) is 0 Å². The number of methoxy groups -OCH3 is 1. The van der Waals surface area contributed by atoms with Crippen LogP contribution in [0, 0.1) is 0 Å². The summed E-state index contributed by atoms with van der Waals surface area (Å²) in [5, 5.41) is 0. The first kappa shape index (κ1) is 13.0. The van der Waals surface area contributed by atoms with Crippen LogP contribution >= 0.6 is 0 Å². The highest BCUT2D eigenvalue weighted by atomic mass is 16.5. The molecule has 2 rings (SSSR count). The van der Waals surface area contributed by atoms with E-state index in [1.165, 1.54) is 17.9 Å². The quantitative estimate of drug-likeness (QED) is 0.768. The van der Waals surface area contributed by atoms with Crippen LogP contribution in [0.5, 0.6) is 0 Å². The van der Waals surface area contributed by atoms with Crippen LogP contribution < -0.4 is 5.69 Å². The first-order valence-electron chi connectivity index (χ1n) is 5.85. The van der Waals surface area contributed by atoms with Crippen LogP contribution in [0.1, 0.15) is 11.1 Å². The molecule has 98 valence electrons. The Balaban J connectivity index is 2.09. The molecule has 1 heterocycles. The number of rotatable bonds is 4. The summed E-state index contributed by atoms with van der Waals surface area (Å²) >= 11 is 0. The average Bonchev–Trinajstić information content (AvgIpc) is 2.43. The lowest BCUT2D eigenvalue weighted by Crippen LogP contribution is -2.21. The van der Waals surface area contributed by atoms with Gasteiger partial charge in [-0.25, -0.2) is 9.78 Å². The lowest BCUT2D eigenvalue weighted by atomic mass is 10.1. The molecule has 1 aromatic heterocycles. The molecule has 0 N–H and O–H groups in total. The van der Waals surface area contributed by atoms with Crippen molar-refractivity contribution in [2.24, 2.45) is 0 Å². The van der Waals surface area contributed by atoms with Crippen LogP contribution in [0.4, 0.5) is 0 Å². The zero-order chi connectivity index (χ0) is 13.7. The van der Waals surface area contributed by atoms with Crippen LogP contribution in [0.25, 0.3) is 0 Å². The molecule has 0 saturated heterocycles. The minimum atomic E-state index is -0.277. The number of ether oxygens (including phenoxy) is 1. The summed E-state index contributed by atoms with van der Waals surface area (Å²) in [5.41, 5.74) is 1.58. The number of carbonyl (C=O) groups is 1. The van der Waals surface area contributed by atoms with Gasteiger partial charge in [-0.05, 0) is 17.2 Å². The first-order valence-corrected chi connectivity index (χ1v) is 5.85. The molecule has 0 saturated carbocycles. The van der Waals surface area contributed by atoms with E-state index in [9.17, 15) is 9.59 Å². The zero-order valence-corrected chi connectivity index (χ0v) is 10.6. The fourth-order valence-corrected chi connectivity index (χ4v) is 1.71. The molecule has 0 amide bonds. The molecule has 0 spiro atoms. The van der Waals surface area contributed by atoms with E-state index in [-0.39, 0.29) is 18.1 Å². The molecule has 0 fully saturated rings. The van der Waals surface area contributed by atoms with Gasteiger partial charge in [-0.2, -0.15) is 0 Å². The van der Waals surface area contributed by atoms with Crippen molar-refractivity contribution in [3.63, 3.8) is 0 Å². The number of aromatic nitrogens is 2. The fourth-order valence-electron chi connectivity index (χ4n) is 1.71. The molecule has 5 heteroatoms. The number of esters is 1. The van der Waals surface area contributed by atoms with Crippen molar-refractivity contribution in [1.82, 2.24) is 9.55 Å². The summed E-state index contributed by atoms with van der Waals surface area (Å²) in [6.45, 7) is 0.463. The predicted molar refractivity (Wildman–Crippen MR) is 69.8 cm³/mol. The predicted octanol–water partition coefficient (Wildman–Crippen LogP) is 1.01. The van der Waals surface area contributed by atoms with Crippen LogP contribution in [0.2, 0.25) is 0 Å². The number of hydrogen-bond acceptors (Lipinski definition) is 4. The number of benzene rings is 1. The molecule has 0 unspecified atom stereocenters. The van der Waals surface area contributed by atoms with Gasteiger partial charge < -0.3 is 4.74 Å². The van der Waals surface area contributed by atoms with Crippen molar-refractivity contribution in [2.45, 2.75) is 13.0 Å². The van der Waals surface area contributed by atoms with Gasteiger partial charge in [0.2, 0.25) is 0 Å². The zero-order valence-electron chi connectivity index (χ0n) is 10.6. The van der Waals surface area contributed by atoms with Gasteiger partial charge in [0.1, 0.15) is 0 Å². The second kappa shape index (κ2) is 5.95. The Morgan fingerprint density at radius 1 is 1.26 bits per heavy atom. The highest BCUT2D eigenvalue weighted by molar-refractivity contribution is 5.72. The van der Waals surface area contributed by atoms with E-state index in [4.69, 9.17) is 0 Å². The SMILES string of the molecule is COC(=O)Cc1ccc(Cn2cccnc2=O)cc1. The summed E-state index contributed by atoms with van der Waals surface area (Å²) in [6, 6.07) is 9.20. The first-order chi connectivity index (χ1) is 9.19. The van der Waals surface area contributed by atoms with Gasteiger partial charge in [0.25, 0.3) is 0 Å². The van der Waals surface area contributed by atoms with Crippen LogP contribution in [-0.4, -0.2) is 22.6 Å². The summed E-state index contributed by atoms with van der Waals surface area (Å²) in [7, 11) is 1.37. The standard InChI is InChI=1S/C14H14N2O3/c1-19-13(17)9-11-3-5-12(6-4-11)10-16-8-2-7-15-14(16)18/h2-8H,9-10H2,1H3. The van der Waals surface area contributed by atoms with Crippen LogP contribution in [-0.2, 0) is 22.5 Å². The Bertz CT molecular complexity index is 617. The Labute approximate surface area is 110 Å². The highest BCUT2D eigenvalue weighted by Crippen LogP contribution is 2.06. The normalized spacial score (nSPS) is 10.2. The van der Waals surface area contributed by atoms with Crippen LogP contribution in [0.15, 0.2) is 47.5 Å². The van der Waals surface area contributed by atoms with Gasteiger partial charge in [0, 0.05) is 12.4 Å². The molecule has 0 bridgehead atoms. The number of nitrogens with zero attached hydrogens (tertiary/aromatic N) is 2. The molecule has 5 nitrogen and oxygen atoms in total. The topological polar surface area (TPSA) is 61.2 Å². The van der Waals surface area contributed by atoms with Gasteiger partial charge in [-0.15, -0.1) is 0 Å². The molecule has 2 aromatic rings. The van der Waals surface area contributed by atoms with Crippen molar-refractivity contribution in [3.05, 3.63) is 64.3 Å². The maximum atomic E-state index is 11.5. The van der Waals surface area contributed by atoms with Gasteiger partial charge >= 0.3 is 11.7 Å². The smallest absolute Gasteiger partial charge is 0.347 e. The maximum absolute atomic E-state index is 11.5. The van der Waals surface area contributed by atoms with E-state index in [0.717, 1.165) is 11.1 Å². The molecule has 0 atom stereocenters. The second-order valence-electron chi connectivity index (χ2n) is 4.10. The highest BCUT2D eigenvalue weighted by Gasteiger charge is 2.03. The van der Waals surface area contributed by atoms with Crippen LogP contribution in [0.3, 0.4) is 0 Å². The Kier molecular flexibility index (Phi) is 4.07. The van der Waals surface area contributed by atoms with E-state index in [1.54, 1.807) is 12.3 Å². The summed E-state index contributed by atoms with van der Waals surface area (Å²) < 4.78 is 6.13. The fraction of sp³-hybridized carbons (Fsp3) is 0.214. The van der Waals surface area contributed by atoms with Gasteiger partial charge in [0.05, 0.1) is 20.1 Å². The van der Waals surface area contributed by atoms with Gasteiger partial charge in [-0.1, -0.05) is 24.3 Å². The molecule has 0 aliphatic heterocycles. The number of hydrogen-bond donors (Lipinski definition) is 0. The molecular formula is C14H14N2O3. The minimum Gasteiger partial charge on any atom is -0.469 e. The van der Waals surface area contributed by atoms with E-state index >= 15 is 0 Å². The Morgan fingerprint density at radius 3 is 2.58 bits per heavy atom.